The van der Waals surface area contributed by atoms with Gasteiger partial charge in [0, 0.05) is 44.1 Å². The van der Waals surface area contributed by atoms with Crippen LogP contribution in [-0.4, -0.2) is 60.0 Å². The predicted octanol–water partition coefficient (Wildman–Crippen LogP) is 2.30. The Labute approximate surface area is 141 Å². The van der Waals surface area contributed by atoms with E-state index in [9.17, 15) is 9.59 Å². The van der Waals surface area contributed by atoms with Gasteiger partial charge in [-0.05, 0) is 38.3 Å². The average molecular weight is 336 g/mol. The number of thiophene rings is 1. The topological polar surface area (TPSA) is 49.9 Å². The molecule has 0 radical (unpaired) electrons. The lowest BCUT2D eigenvalue weighted by Gasteiger charge is -2.37. The fourth-order valence-electron chi connectivity index (χ4n) is 3.63. The highest BCUT2D eigenvalue weighted by molar-refractivity contribution is 7.13. The van der Waals surface area contributed by atoms with E-state index in [-0.39, 0.29) is 23.9 Å². The lowest BCUT2D eigenvalue weighted by molar-refractivity contribution is -0.135. The van der Waals surface area contributed by atoms with Gasteiger partial charge in [0.2, 0.25) is 5.91 Å². The zero-order valence-corrected chi connectivity index (χ0v) is 14.6. The van der Waals surface area contributed by atoms with Gasteiger partial charge in [-0.1, -0.05) is 0 Å². The summed E-state index contributed by atoms with van der Waals surface area (Å²) in [5.74, 6) is 0.212. The molecule has 1 aromatic rings. The second-order valence-corrected chi connectivity index (χ2v) is 7.66. The van der Waals surface area contributed by atoms with Gasteiger partial charge in [-0.25, -0.2) is 0 Å². The number of hydrogen-bond acceptors (Lipinski definition) is 4. The molecule has 3 rings (SSSR count). The molecule has 0 aliphatic carbocycles. The van der Waals surface area contributed by atoms with Gasteiger partial charge in [-0.2, -0.15) is 0 Å². The van der Waals surface area contributed by atoms with E-state index in [4.69, 9.17) is 4.74 Å². The first kappa shape index (κ1) is 16.5. The van der Waals surface area contributed by atoms with Crippen molar-refractivity contribution in [3.8, 4) is 0 Å². The van der Waals surface area contributed by atoms with Gasteiger partial charge in [-0.3, -0.25) is 9.59 Å². The molecule has 2 fully saturated rings. The van der Waals surface area contributed by atoms with Crippen LogP contribution < -0.4 is 0 Å². The van der Waals surface area contributed by atoms with Crippen LogP contribution in [0, 0.1) is 6.92 Å². The first-order valence-electron chi connectivity index (χ1n) is 8.28. The molecule has 3 heterocycles. The summed E-state index contributed by atoms with van der Waals surface area (Å²) in [6, 6.07) is 4.28. The second-order valence-electron chi connectivity index (χ2n) is 6.37. The molecule has 1 aromatic heterocycles. The number of hydrogen-bond donors (Lipinski definition) is 0. The predicted molar refractivity (Wildman–Crippen MR) is 89.7 cm³/mol. The van der Waals surface area contributed by atoms with E-state index in [0.717, 1.165) is 48.8 Å². The Bertz CT molecular complexity index is 580. The molecule has 0 spiro atoms. The van der Waals surface area contributed by atoms with Crippen molar-refractivity contribution in [3.05, 3.63) is 21.9 Å². The van der Waals surface area contributed by atoms with Crippen LogP contribution in [0.3, 0.4) is 0 Å². The van der Waals surface area contributed by atoms with Gasteiger partial charge in [0.05, 0.1) is 10.9 Å². The highest BCUT2D eigenvalue weighted by Crippen LogP contribution is 2.26. The molecule has 126 valence electrons. The first-order valence-corrected chi connectivity index (χ1v) is 9.10. The summed E-state index contributed by atoms with van der Waals surface area (Å²) in [4.78, 5) is 30.6. The molecule has 2 saturated heterocycles. The third-order valence-electron chi connectivity index (χ3n) is 4.74. The van der Waals surface area contributed by atoms with Gasteiger partial charge >= 0.3 is 0 Å². The van der Waals surface area contributed by atoms with E-state index in [1.807, 2.05) is 28.9 Å². The van der Waals surface area contributed by atoms with Crippen LogP contribution in [-0.2, 0) is 9.53 Å². The Balaban J connectivity index is 1.67. The number of likely N-dealkylation sites (tertiary alicyclic amines) is 1. The fraction of sp³-hybridized carbons (Fsp3) is 0.647. The molecule has 2 aliphatic heterocycles. The maximum atomic E-state index is 12.6. The van der Waals surface area contributed by atoms with E-state index in [1.165, 1.54) is 11.3 Å². The molecule has 1 unspecified atom stereocenters. The van der Waals surface area contributed by atoms with Gasteiger partial charge in [0.25, 0.3) is 5.91 Å². The van der Waals surface area contributed by atoms with Crippen LogP contribution in [0.5, 0.6) is 0 Å². The molecule has 0 bridgehead atoms. The lowest BCUT2D eigenvalue weighted by atomic mass is 10.0. The summed E-state index contributed by atoms with van der Waals surface area (Å²) in [6.45, 7) is 6.47. The molecule has 0 aromatic carbocycles. The van der Waals surface area contributed by atoms with Crippen LogP contribution in [0.4, 0.5) is 0 Å². The van der Waals surface area contributed by atoms with E-state index in [2.05, 4.69) is 0 Å². The molecular formula is C17H24N2O3S. The summed E-state index contributed by atoms with van der Waals surface area (Å²) < 4.78 is 5.41. The van der Waals surface area contributed by atoms with Gasteiger partial charge < -0.3 is 14.5 Å². The summed E-state index contributed by atoms with van der Waals surface area (Å²) in [7, 11) is 0. The van der Waals surface area contributed by atoms with Crippen molar-refractivity contribution in [2.75, 3.05) is 26.3 Å². The monoisotopic (exact) mass is 336 g/mol. The number of rotatable bonds is 3. The van der Waals surface area contributed by atoms with Crippen LogP contribution >= 0.6 is 11.3 Å². The summed E-state index contributed by atoms with van der Waals surface area (Å²) in [5.41, 5.74) is 0. The number of aryl methyl sites for hydroxylation is 1. The fourth-order valence-corrected chi connectivity index (χ4v) is 4.47. The molecule has 2 amide bonds. The Morgan fingerprint density at radius 2 is 1.96 bits per heavy atom. The highest BCUT2D eigenvalue weighted by Gasteiger charge is 2.36. The maximum Gasteiger partial charge on any atom is 0.263 e. The summed E-state index contributed by atoms with van der Waals surface area (Å²) in [6.07, 6.45) is 2.66. The van der Waals surface area contributed by atoms with Crippen LogP contribution in [0.1, 0.15) is 40.7 Å². The van der Waals surface area contributed by atoms with E-state index in [1.54, 1.807) is 6.92 Å². The molecule has 1 atom stereocenters. The minimum atomic E-state index is 0.0982. The van der Waals surface area contributed by atoms with Crippen molar-refractivity contribution in [1.82, 2.24) is 9.80 Å². The van der Waals surface area contributed by atoms with E-state index < -0.39 is 0 Å². The van der Waals surface area contributed by atoms with Crippen LogP contribution in [0.15, 0.2) is 12.1 Å². The molecule has 0 N–H and O–H groups in total. The SMILES string of the molecule is CC(=O)N(C1CCOCC1)C1CCN(C(=O)c2ccc(C)s2)C1. The third-order valence-corrected chi connectivity index (χ3v) is 5.73. The lowest BCUT2D eigenvalue weighted by Crippen LogP contribution is -2.49. The van der Waals surface area contributed by atoms with E-state index >= 15 is 0 Å². The molecule has 0 saturated carbocycles. The minimum absolute atomic E-state index is 0.0982. The largest absolute Gasteiger partial charge is 0.381 e. The normalized spacial score (nSPS) is 22.3. The Kier molecular flexibility index (Phi) is 5.02. The third kappa shape index (κ3) is 3.58. The number of ether oxygens (including phenoxy) is 1. The van der Waals surface area contributed by atoms with Crippen molar-refractivity contribution in [1.29, 1.82) is 0 Å². The minimum Gasteiger partial charge on any atom is -0.381 e. The van der Waals surface area contributed by atoms with Crippen molar-refractivity contribution >= 4 is 23.2 Å². The number of nitrogens with zero attached hydrogens (tertiary/aromatic N) is 2. The standard InChI is InChI=1S/C17H24N2O3S/c1-12-3-4-16(23-12)17(21)18-8-5-15(11-18)19(13(2)20)14-6-9-22-10-7-14/h3-4,14-15H,5-11H2,1-2H3. The Morgan fingerprint density at radius 1 is 1.22 bits per heavy atom. The molecule has 5 nitrogen and oxygen atoms in total. The summed E-state index contributed by atoms with van der Waals surface area (Å²) in [5, 5.41) is 0. The quantitative estimate of drug-likeness (QED) is 0.851. The molecule has 23 heavy (non-hydrogen) atoms. The van der Waals surface area contributed by atoms with Crippen LogP contribution in [0.25, 0.3) is 0 Å². The smallest absolute Gasteiger partial charge is 0.263 e. The zero-order valence-electron chi connectivity index (χ0n) is 13.8. The number of amides is 2. The second kappa shape index (κ2) is 7.01. The van der Waals surface area contributed by atoms with Gasteiger partial charge in [-0.15, -0.1) is 11.3 Å². The Hall–Kier alpha value is -1.40. The van der Waals surface area contributed by atoms with Gasteiger partial charge in [0.15, 0.2) is 0 Å². The summed E-state index contributed by atoms with van der Waals surface area (Å²) >= 11 is 1.54. The van der Waals surface area contributed by atoms with Crippen LogP contribution in [0.2, 0.25) is 0 Å². The van der Waals surface area contributed by atoms with Crippen molar-refractivity contribution in [2.45, 2.75) is 45.2 Å². The zero-order chi connectivity index (χ0) is 16.4. The van der Waals surface area contributed by atoms with Crippen molar-refractivity contribution in [3.63, 3.8) is 0 Å². The Morgan fingerprint density at radius 3 is 2.57 bits per heavy atom. The van der Waals surface area contributed by atoms with Gasteiger partial charge in [0.1, 0.15) is 0 Å². The molecular weight excluding hydrogens is 312 g/mol. The average Bonchev–Trinajstić information content (AvgIpc) is 3.17. The number of carbonyl (C=O) groups is 2. The number of carbonyl (C=O) groups excluding carboxylic acids is 2. The van der Waals surface area contributed by atoms with Crippen molar-refractivity contribution < 1.29 is 14.3 Å². The maximum absolute atomic E-state index is 12.6. The molecule has 2 aliphatic rings. The molecule has 6 heteroatoms. The van der Waals surface area contributed by atoms with Crippen molar-refractivity contribution in [2.24, 2.45) is 0 Å². The first-order chi connectivity index (χ1) is 11.1. The van der Waals surface area contributed by atoms with E-state index in [0.29, 0.717) is 6.54 Å². The highest BCUT2D eigenvalue weighted by atomic mass is 32.1.